The smallest absolute Gasteiger partial charge is 0.305 e. The van der Waals surface area contributed by atoms with Gasteiger partial charge >= 0.3 is 11.9 Å². The van der Waals surface area contributed by atoms with Crippen LogP contribution in [0.15, 0.2) is 48.6 Å². The number of unbranched alkanes of at least 4 members (excludes halogenated alkanes) is 16. The Bertz CT molecular complexity index is 914. The van der Waals surface area contributed by atoms with Crippen molar-refractivity contribution in [2.75, 3.05) is 52.0 Å². The fourth-order valence-corrected chi connectivity index (χ4v) is 6.43. The van der Waals surface area contributed by atoms with Gasteiger partial charge in [-0.2, -0.15) is 0 Å². The number of allylic oxidation sites excluding steroid dienone is 8. The first-order valence-corrected chi connectivity index (χ1v) is 22.5. The van der Waals surface area contributed by atoms with Crippen molar-refractivity contribution in [3.63, 3.8) is 0 Å². The summed E-state index contributed by atoms with van der Waals surface area (Å²) in [5.74, 6) is 0.608. The van der Waals surface area contributed by atoms with E-state index < -0.39 is 0 Å². The second-order valence-electron chi connectivity index (χ2n) is 14.3. The van der Waals surface area contributed by atoms with Gasteiger partial charge in [-0.05, 0) is 91.1 Å². The second kappa shape index (κ2) is 40.9. The van der Waals surface area contributed by atoms with E-state index in [1.54, 1.807) is 4.90 Å². The van der Waals surface area contributed by atoms with Gasteiger partial charge in [0.2, 0.25) is 5.91 Å². The maximum Gasteiger partial charge on any atom is 0.305 e. The molecule has 0 heterocycles. The zero-order valence-corrected chi connectivity index (χ0v) is 35.5. The van der Waals surface area contributed by atoms with E-state index in [0.29, 0.717) is 31.7 Å². The van der Waals surface area contributed by atoms with Crippen LogP contribution in [0.4, 0.5) is 0 Å². The molecule has 0 aromatic carbocycles. The molecule has 0 radical (unpaired) electrons. The zero-order chi connectivity index (χ0) is 38.9. The quantitative estimate of drug-likeness (QED) is 0.0268. The number of carbonyl (C=O) groups excluding carboxylic acids is 3. The molecule has 0 N–H and O–H groups in total. The molecule has 7 nitrogen and oxygen atoms in total. The van der Waals surface area contributed by atoms with Gasteiger partial charge in [0, 0.05) is 18.7 Å². The molecule has 0 aromatic rings. The van der Waals surface area contributed by atoms with E-state index in [0.717, 1.165) is 70.1 Å². The summed E-state index contributed by atoms with van der Waals surface area (Å²) in [5, 5.41) is 0. The molecule has 0 aliphatic heterocycles. The minimum atomic E-state index is -0.214. The van der Waals surface area contributed by atoms with Crippen LogP contribution >= 0.6 is 11.8 Å². The molecule has 53 heavy (non-hydrogen) atoms. The van der Waals surface area contributed by atoms with Gasteiger partial charge in [-0.1, -0.05) is 127 Å². The molecule has 0 aromatic heterocycles. The Morgan fingerprint density at radius 3 is 1.28 bits per heavy atom. The summed E-state index contributed by atoms with van der Waals surface area (Å²) in [6.45, 7) is 5.39. The minimum Gasteiger partial charge on any atom is -0.464 e. The van der Waals surface area contributed by atoms with E-state index in [2.05, 4.69) is 62.5 Å². The number of rotatable bonds is 38. The summed E-state index contributed by atoms with van der Waals surface area (Å²) in [6, 6.07) is 0. The number of thioether (sulfide) groups is 1. The van der Waals surface area contributed by atoms with Crippen molar-refractivity contribution in [1.29, 1.82) is 0 Å². The maximum absolute atomic E-state index is 12.9. The van der Waals surface area contributed by atoms with Gasteiger partial charge in [0.05, 0.1) is 18.8 Å². The average molecular weight is 761 g/mol. The molecule has 0 rings (SSSR count). The lowest BCUT2D eigenvalue weighted by Gasteiger charge is -2.23. The number of carbonyl (C=O) groups is 3. The number of nitrogens with zero attached hydrogens (tertiary/aromatic N) is 2. The third kappa shape index (κ3) is 39.2. The van der Waals surface area contributed by atoms with Crippen LogP contribution in [0.3, 0.4) is 0 Å². The molecule has 0 aliphatic carbocycles. The molecule has 306 valence electrons. The van der Waals surface area contributed by atoms with E-state index in [-0.39, 0.29) is 31.1 Å². The van der Waals surface area contributed by atoms with Crippen LogP contribution in [-0.2, 0) is 23.9 Å². The lowest BCUT2D eigenvalue weighted by atomic mass is 10.1. The predicted octanol–water partition coefficient (Wildman–Crippen LogP) is 11.8. The first kappa shape index (κ1) is 50.7. The van der Waals surface area contributed by atoms with Crippen molar-refractivity contribution in [3.05, 3.63) is 48.6 Å². The summed E-state index contributed by atoms with van der Waals surface area (Å²) >= 11 is 1.54. The Labute approximate surface area is 330 Å². The van der Waals surface area contributed by atoms with Crippen LogP contribution in [0.2, 0.25) is 0 Å². The number of esters is 2. The summed E-state index contributed by atoms with van der Waals surface area (Å²) in [6.07, 6.45) is 44.1. The number of ether oxygens (including phenoxy) is 2. The highest BCUT2D eigenvalue weighted by Gasteiger charge is 2.16. The average Bonchev–Trinajstić information content (AvgIpc) is 3.14. The fourth-order valence-electron chi connectivity index (χ4n) is 5.61. The van der Waals surface area contributed by atoms with Gasteiger partial charge in [0.25, 0.3) is 0 Å². The first-order valence-electron chi connectivity index (χ1n) is 21.3. The van der Waals surface area contributed by atoms with Crippen molar-refractivity contribution >= 4 is 29.6 Å². The van der Waals surface area contributed by atoms with Gasteiger partial charge in [-0.15, -0.1) is 11.8 Å². The van der Waals surface area contributed by atoms with Gasteiger partial charge in [-0.25, -0.2) is 0 Å². The summed E-state index contributed by atoms with van der Waals surface area (Å²) in [5.41, 5.74) is 0. The van der Waals surface area contributed by atoms with Crippen molar-refractivity contribution in [2.24, 2.45) is 0 Å². The monoisotopic (exact) mass is 761 g/mol. The van der Waals surface area contributed by atoms with Crippen molar-refractivity contribution in [1.82, 2.24) is 9.80 Å². The summed E-state index contributed by atoms with van der Waals surface area (Å²) in [4.78, 5) is 41.3. The van der Waals surface area contributed by atoms with Crippen LogP contribution in [0.5, 0.6) is 0 Å². The number of amides is 1. The molecular weight excluding hydrogens is 681 g/mol. The number of hydrogen-bond acceptors (Lipinski definition) is 7. The standard InChI is InChI=1S/C45H80N2O5S/c1-5-7-9-11-13-15-17-19-21-23-25-27-29-31-33-35-44(49)51-39-37-47(43(48)41-53-42-46(3)4)38-40-52-45(50)36-34-32-30-28-26-24-22-20-18-16-14-12-10-8-6-2/h13-16,19-22H,5-12,17-18,23-42H2,1-4H3/b15-13-,16-14-,21-19-,22-20-. The highest BCUT2D eigenvalue weighted by molar-refractivity contribution is 7.99. The Balaban J connectivity index is 4.11. The summed E-state index contributed by atoms with van der Waals surface area (Å²) < 4.78 is 10.9. The van der Waals surface area contributed by atoms with Gasteiger partial charge in [0.1, 0.15) is 13.2 Å². The molecule has 0 bridgehead atoms. The Morgan fingerprint density at radius 2 is 0.887 bits per heavy atom. The largest absolute Gasteiger partial charge is 0.464 e. The minimum absolute atomic E-state index is 0.0358. The molecule has 0 saturated carbocycles. The Hall–Kier alpha value is -2.32. The normalized spacial score (nSPS) is 11.9. The molecule has 0 atom stereocenters. The van der Waals surface area contributed by atoms with Crippen molar-refractivity contribution in [2.45, 2.75) is 168 Å². The number of hydrogen-bond donors (Lipinski definition) is 0. The SMILES string of the molecule is CCCCC/C=C\C/C=C\CCCCCCCC(=O)OCCN(CCOC(=O)CCCCCCC/C=C\C/C=C\CCCCC)C(=O)CSCN(C)C. The van der Waals surface area contributed by atoms with Crippen molar-refractivity contribution < 1.29 is 23.9 Å². The molecule has 0 saturated heterocycles. The van der Waals surface area contributed by atoms with Crippen LogP contribution < -0.4 is 0 Å². The zero-order valence-electron chi connectivity index (χ0n) is 34.7. The van der Waals surface area contributed by atoms with Crippen LogP contribution in [0, 0.1) is 0 Å². The first-order chi connectivity index (χ1) is 25.9. The van der Waals surface area contributed by atoms with E-state index in [9.17, 15) is 14.4 Å². The second-order valence-corrected chi connectivity index (χ2v) is 15.3. The van der Waals surface area contributed by atoms with Gasteiger partial charge in [-0.3, -0.25) is 14.4 Å². The Morgan fingerprint density at radius 1 is 0.509 bits per heavy atom. The van der Waals surface area contributed by atoms with E-state index >= 15 is 0 Å². The third-order valence-corrected chi connectivity index (χ3v) is 9.99. The predicted molar refractivity (Wildman–Crippen MR) is 228 cm³/mol. The molecule has 0 spiro atoms. The summed E-state index contributed by atoms with van der Waals surface area (Å²) in [7, 11) is 3.94. The van der Waals surface area contributed by atoms with E-state index in [1.165, 1.54) is 88.8 Å². The molecule has 0 aliphatic rings. The van der Waals surface area contributed by atoms with Crippen LogP contribution in [-0.4, -0.2) is 79.7 Å². The van der Waals surface area contributed by atoms with Crippen molar-refractivity contribution in [3.8, 4) is 0 Å². The lowest BCUT2D eigenvalue weighted by Crippen LogP contribution is -2.38. The maximum atomic E-state index is 12.9. The fraction of sp³-hybridized carbons (Fsp3) is 0.756. The molecular formula is C45H80N2O5S. The van der Waals surface area contributed by atoms with E-state index in [1.807, 2.05) is 19.0 Å². The van der Waals surface area contributed by atoms with Gasteiger partial charge in [0.15, 0.2) is 0 Å². The van der Waals surface area contributed by atoms with E-state index in [4.69, 9.17) is 9.47 Å². The molecule has 0 fully saturated rings. The highest BCUT2D eigenvalue weighted by Crippen LogP contribution is 2.11. The van der Waals surface area contributed by atoms with Crippen LogP contribution in [0.1, 0.15) is 168 Å². The van der Waals surface area contributed by atoms with Crippen LogP contribution in [0.25, 0.3) is 0 Å². The molecule has 8 heteroatoms. The molecule has 0 unspecified atom stereocenters. The third-order valence-electron chi connectivity index (χ3n) is 8.84. The van der Waals surface area contributed by atoms with Gasteiger partial charge < -0.3 is 19.3 Å². The highest BCUT2D eigenvalue weighted by atomic mass is 32.2. The lowest BCUT2D eigenvalue weighted by molar-refractivity contribution is -0.147. The topological polar surface area (TPSA) is 76.1 Å². The molecule has 1 amide bonds. The Kier molecular flexibility index (Phi) is 39.1.